The highest BCUT2D eigenvalue weighted by molar-refractivity contribution is 6.30. The molecule has 5 nitrogen and oxygen atoms in total. The van der Waals surface area contributed by atoms with E-state index in [4.69, 9.17) is 11.6 Å². The molecular weight excluding hydrogens is 400 g/mol. The molecule has 2 heterocycles. The molecule has 0 unspecified atom stereocenters. The Kier molecular flexibility index (Phi) is 4.92. The van der Waals surface area contributed by atoms with E-state index in [0.29, 0.717) is 26.8 Å². The van der Waals surface area contributed by atoms with Crippen LogP contribution in [0.2, 0.25) is 5.02 Å². The summed E-state index contributed by atoms with van der Waals surface area (Å²) < 4.78 is 30.7. The Morgan fingerprint density at radius 1 is 1.14 bits per heavy atom. The lowest BCUT2D eigenvalue weighted by molar-refractivity contribution is -0.118. The largest absolute Gasteiger partial charge is 0.307 e. The number of hydrogen-bond donors (Lipinski definition) is 0. The second kappa shape index (κ2) is 7.40. The van der Waals surface area contributed by atoms with Crippen LogP contribution in [0.25, 0.3) is 21.8 Å². The van der Waals surface area contributed by atoms with Gasteiger partial charge in [0.05, 0.1) is 22.6 Å². The van der Waals surface area contributed by atoms with E-state index in [-0.39, 0.29) is 36.3 Å². The van der Waals surface area contributed by atoms with Crippen molar-refractivity contribution in [2.75, 3.05) is 0 Å². The van der Waals surface area contributed by atoms with Crippen molar-refractivity contribution in [1.82, 2.24) is 14.3 Å². The molecule has 0 N–H and O–H groups in total. The van der Waals surface area contributed by atoms with E-state index in [1.807, 2.05) is 0 Å². The Labute approximate surface area is 169 Å². The predicted molar refractivity (Wildman–Crippen MR) is 107 cm³/mol. The molecule has 0 saturated carbocycles. The van der Waals surface area contributed by atoms with Crippen molar-refractivity contribution in [1.29, 1.82) is 0 Å². The fourth-order valence-electron chi connectivity index (χ4n) is 3.53. The number of fused-ring (bicyclic) bond motifs is 3. The van der Waals surface area contributed by atoms with Gasteiger partial charge < -0.3 is 4.57 Å². The van der Waals surface area contributed by atoms with E-state index >= 15 is 0 Å². The first-order chi connectivity index (χ1) is 13.8. The fourth-order valence-corrected chi connectivity index (χ4v) is 3.73. The first-order valence-electron chi connectivity index (χ1n) is 8.94. The average molecular weight is 416 g/mol. The third-order valence-corrected chi connectivity index (χ3v) is 5.16. The smallest absolute Gasteiger partial charge is 0.262 e. The highest BCUT2D eigenvalue weighted by Gasteiger charge is 2.16. The summed E-state index contributed by atoms with van der Waals surface area (Å²) in [6.45, 7) is 0.0463. The van der Waals surface area contributed by atoms with Crippen LogP contribution in [0.4, 0.5) is 8.78 Å². The SMILES string of the molecule is Cn1ncc2c(=O)n(CCC(=O)Cc3cc(Cl)ccc3F)c3cc(F)ccc3c21. The van der Waals surface area contributed by atoms with Crippen LogP contribution in [0.1, 0.15) is 12.0 Å². The van der Waals surface area contributed by atoms with Gasteiger partial charge in [-0.25, -0.2) is 8.78 Å². The highest BCUT2D eigenvalue weighted by Crippen LogP contribution is 2.23. The maximum absolute atomic E-state index is 13.9. The first-order valence-corrected chi connectivity index (χ1v) is 9.32. The molecule has 0 saturated heterocycles. The van der Waals surface area contributed by atoms with Gasteiger partial charge in [-0.2, -0.15) is 5.10 Å². The molecule has 4 aromatic rings. The lowest BCUT2D eigenvalue weighted by Crippen LogP contribution is -2.23. The van der Waals surface area contributed by atoms with E-state index < -0.39 is 11.6 Å². The summed E-state index contributed by atoms with van der Waals surface area (Å²) in [6.07, 6.45) is 1.31. The maximum Gasteiger partial charge on any atom is 0.262 e. The van der Waals surface area contributed by atoms with Crippen molar-refractivity contribution in [3.05, 3.63) is 75.2 Å². The molecule has 2 aromatic carbocycles. The molecule has 148 valence electrons. The number of aryl methyl sites for hydroxylation is 2. The van der Waals surface area contributed by atoms with E-state index in [1.54, 1.807) is 17.8 Å². The standard InChI is InChI=1S/C21H16ClF2N3O2/c1-26-20-16-4-3-14(23)10-19(16)27(21(29)17(20)11-25-26)7-6-15(28)9-12-8-13(22)2-5-18(12)24/h2-5,8,10-11H,6-7,9H2,1H3. The Hall–Kier alpha value is -3.06. The minimum atomic E-state index is -0.510. The van der Waals surface area contributed by atoms with E-state index in [1.165, 1.54) is 41.1 Å². The summed E-state index contributed by atoms with van der Waals surface area (Å²) in [5.74, 6) is -1.25. The molecule has 8 heteroatoms. The normalized spacial score (nSPS) is 11.4. The number of ketones is 1. The molecule has 0 atom stereocenters. The molecule has 0 bridgehead atoms. The van der Waals surface area contributed by atoms with Crippen molar-refractivity contribution in [3.8, 4) is 0 Å². The number of Topliss-reactive ketones (excluding diaryl/α,β-unsaturated/α-hetero) is 1. The van der Waals surface area contributed by atoms with Gasteiger partial charge in [-0.3, -0.25) is 14.3 Å². The van der Waals surface area contributed by atoms with Gasteiger partial charge in [-0.1, -0.05) is 11.6 Å². The Morgan fingerprint density at radius 2 is 1.93 bits per heavy atom. The van der Waals surface area contributed by atoms with Crippen LogP contribution >= 0.6 is 11.6 Å². The molecule has 0 aliphatic rings. The number of benzene rings is 2. The zero-order valence-corrected chi connectivity index (χ0v) is 16.2. The van der Waals surface area contributed by atoms with Crippen molar-refractivity contribution >= 4 is 39.2 Å². The number of carbonyl (C=O) groups is 1. The summed E-state index contributed by atoms with van der Waals surface area (Å²) in [5.41, 5.74) is 0.836. The molecule has 0 aliphatic heterocycles. The van der Waals surface area contributed by atoms with Gasteiger partial charge in [-0.05, 0) is 42.0 Å². The van der Waals surface area contributed by atoms with Gasteiger partial charge in [0, 0.05) is 36.8 Å². The quantitative estimate of drug-likeness (QED) is 0.494. The van der Waals surface area contributed by atoms with Crippen LogP contribution in [0.5, 0.6) is 0 Å². The number of aromatic nitrogens is 3. The van der Waals surface area contributed by atoms with Gasteiger partial charge in [0.15, 0.2) is 0 Å². The topological polar surface area (TPSA) is 56.9 Å². The van der Waals surface area contributed by atoms with Gasteiger partial charge >= 0.3 is 0 Å². The van der Waals surface area contributed by atoms with Crippen molar-refractivity contribution in [2.45, 2.75) is 19.4 Å². The number of rotatable bonds is 5. The third kappa shape index (κ3) is 3.53. The first kappa shape index (κ1) is 19.3. The molecule has 29 heavy (non-hydrogen) atoms. The number of hydrogen-bond acceptors (Lipinski definition) is 3. The van der Waals surface area contributed by atoms with Crippen molar-refractivity contribution in [3.63, 3.8) is 0 Å². The zero-order valence-electron chi connectivity index (χ0n) is 15.5. The fraction of sp³-hybridized carbons (Fsp3) is 0.190. The van der Waals surface area contributed by atoms with Gasteiger partial charge in [0.2, 0.25) is 0 Å². The molecule has 0 spiro atoms. The highest BCUT2D eigenvalue weighted by atomic mass is 35.5. The number of nitrogens with zero attached hydrogens (tertiary/aromatic N) is 3. The van der Waals surface area contributed by atoms with Crippen molar-refractivity contribution < 1.29 is 13.6 Å². The monoisotopic (exact) mass is 415 g/mol. The number of halogens is 3. The van der Waals surface area contributed by atoms with Gasteiger partial charge in [0.25, 0.3) is 5.56 Å². The number of pyridine rings is 1. The summed E-state index contributed by atoms with van der Waals surface area (Å²) >= 11 is 5.86. The summed E-state index contributed by atoms with van der Waals surface area (Å²) in [6, 6.07) is 8.21. The summed E-state index contributed by atoms with van der Waals surface area (Å²) in [7, 11) is 1.71. The molecule has 0 fully saturated rings. The average Bonchev–Trinajstić information content (AvgIpc) is 3.06. The molecule has 4 rings (SSSR count). The van der Waals surface area contributed by atoms with Crippen LogP contribution < -0.4 is 5.56 Å². The van der Waals surface area contributed by atoms with Crippen LogP contribution in [0.3, 0.4) is 0 Å². The Morgan fingerprint density at radius 3 is 2.72 bits per heavy atom. The van der Waals surface area contributed by atoms with E-state index in [2.05, 4.69) is 5.10 Å². The van der Waals surface area contributed by atoms with Crippen LogP contribution in [-0.2, 0) is 24.8 Å². The molecular formula is C21H16ClF2N3O2. The van der Waals surface area contributed by atoms with Gasteiger partial charge in [0.1, 0.15) is 17.4 Å². The molecule has 0 aliphatic carbocycles. The van der Waals surface area contributed by atoms with Crippen LogP contribution in [0, 0.1) is 11.6 Å². The second-order valence-electron chi connectivity index (χ2n) is 6.85. The second-order valence-corrected chi connectivity index (χ2v) is 7.29. The van der Waals surface area contributed by atoms with Gasteiger partial charge in [-0.15, -0.1) is 0 Å². The zero-order chi connectivity index (χ0) is 20.7. The minimum absolute atomic E-state index is 0.0107. The van der Waals surface area contributed by atoms with Crippen molar-refractivity contribution in [2.24, 2.45) is 7.05 Å². The molecule has 2 aromatic heterocycles. The Bertz CT molecular complexity index is 1330. The van der Waals surface area contributed by atoms with Crippen LogP contribution in [-0.4, -0.2) is 20.1 Å². The lowest BCUT2D eigenvalue weighted by atomic mass is 10.1. The number of carbonyl (C=O) groups excluding carboxylic acids is 1. The Balaban J connectivity index is 1.69. The lowest BCUT2D eigenvalue weighted by Gasteiger charge is -2.12. The van der Waals surface area contributed by atoms with E-state index in [9.17, 15) is 18.4 Å². The molecule has 0 radical (unpaired) electrons. The van der Waals surface area contributed by atoms with Crippen LogP contribution in [0.15, 0.2) is 47.4 Å². The summed E-state index contributed by atoms with van der Waals surface area (Å²) in [4.78, 5) is 25.4. The third-order valence-electron chi connectivity index (χ3n) is 4.93. The predicted octanol–water partition coefficient (Wildman–Crippen LogP) is 4.02. The molecule has 0 amide bonds. The maximum atomic E-state index is 13.9. The van der Waals surface area contributed by atoms with E-state index in [0.717, 1.165) is 0 Å². The summed E-state index contributed by atoms with van der Waals surface area (Å²) in [5, 5.41) is 5.52. The minimum Gasteiger partial charge on any atom is -0.307 e.